The highest BCUT2D eigenvalue weighted by molar-refractivity contribution is 7.89. The van der Waals surface area contributed by atoms with Crippen LogP contribution in [0, 0.1) is 17.1 Å². The molecule has 28 heavy (non-hydrogen) atoms. The van der Waals surface area contributed by atoms with Crippen LogP contribution in [0.15, 0.2) is 53.4 Å². The Bertz CT molecular complexity index is 1030. The maximum atomic E-state index is 13.6. The number of nitriles is 1. The molecule has 0 saturated carbocycles. The summed E-state index contributed by atoms with van der Waals surface area (Å²) in [6.45, 7) is 0.497. The molecule has 8 nitrogen and oxygen atoms in total. The van der Waals surface area contributed by atoms with Crippen molar-refractivity contribution in [1.82, 2.24) is 4.72 Å². The number of anilines is 1. The molecule has 0 fully saturated rings. The molecule has 0 heterocycles. The van der Waals surface area contributed by atoms with E-state index in [4.69, 9.17) is 10.00 Å². The molecular weight excluding hydrogens is 389 g/mol. The molecule has 2 aromatic carbocycles. The van der Waals surface area contributed by atoms with E-state index in [1.807, 2.05) is 10.8 Å². The highest BCUT2D eigenvalue weighted by Gasteiger charge is 2.22. The Morgan fingerprint density at radius 1 is 1.18 bits per heavy atom. The summed E-state index contributed by atoms with van der Waals surface area (Å²) in [5.74, 6) is -2.70. The molecule has 2 aromatic rings. The van der Waals surface area contributed by atoms with Crippen molar-refractivity contribution in [2.24, 2.45) is 0 Å². The van der Waals surface area contributed by atoms with Crippen LogP contribution in [0.4, 0.5) is 10.1 Å². The van der Waals surface area contributed by atoms with Crippen molar-refractivity contribution in [3.63, 3.8) is 0 Å². The molecule has 0 aromatic heterocycles. The molecule has 0 spiro atoms. The van der Waals surface area contributed by atoms with E-state index in [2.05, 4.69) is 5.32 Å². The Morgan fingerprint density at radius 3 is 2.50 bits per heavy atom. The van der Waals surface area contributed by atoms with E-state index >= 15 is 0 Å². The number of amides is 1. The standard InChI is InChI=1S/C18H16FN3O5S/c1-12(18(24)22-15-8-4-2-6-13(15)10-20)27-17(23)11-21-28(25,26)16-9-5-3-7-14(16)19/h2-9,12,21H,11H2,1H3,(H,22,24)/t12-/m0/s1. The quantitative estimate of drug-likeness (QED) is 0.673. The maximum absolute atomic E-state index is 13.6. The number of halogens is 1. The third-order valence-electron chi connectivity index (χ3n) is 3.52. The van der Waals surface area contributed by atoms with Gasteiger partial charge in [0.2, 0.25) is 10.0 Å². The van der Waals surface area contributed by atoms with Gasteiger partial charge >= 0.3 is 5.97 Å². The molecule has 0 aliphatic rings. The van der Waals surface area contributed by atoms with Gasteiger partial charge in [0, 0.05) is 0 Å². The van der Waals surface area contributed by atoms with Crippen LogP contribution in [-0.4, -0.2) is 32.9 Å². The average molecular weight is 405 g/mol. The number of hydrogen-bond acceptors (Lipinski definition) is 6. The lowest BCUT2D eigenvalue weighted by molar-refractivity contribution is -0.151. The summed E-state index contributed by atoms with van der Waals surface area (Å²) in [6, 6.07) is 12.8. The molecular formula is C18H16FN3O5S. The smallest absolute Gasteiger partial charge is 0.321 e. The molecule has 0 radical (unpaired) electrons. The number of rotatable bonds is 7. The van der Waals surface area contributed by atoms with Gasteiger partial charge in [0.1, 0.15) is 23.3 Å². The first-order valence-corrected chi connectivity index (χ1v) is 9.46. The van der Waals surface area contributed by atoms with Crippen molar-refractivity contribution in [2.75, 3.05) is 11.9 Å². The van der Waals surface area contributed by atoms with Crippen LogP contribution in [0.25, 0.3) is 0 Å². The van der Waals surface area contributed by atoms with Crippen LogP contribution >= 0.6 is 0 Å². The minimum Gasteiger partial charge on any atom is -0.452 e. The molecule has 0 saturated heterocycles. The second-order valence-corrected chi connectivity index (χ2v) is 7.27. The van der Waals surface area contributed by atoms with Crippen molar-refractivity contribution in [2.45, 2.75) is 17.9 Å². The first-order chi connectivity index (χ1) is 13.2. The van der Waals surface area contributed by atoms with Crippen LogP contribution < -0.4 is 10.0 Å². The molecule has 1 atom stereocenters. The largest absolute Gasteiger partial charge is 0.452 e. The highest BCUT2D eigenvalue weighted by Crippen LogP contribution is 2.15. The fraction of sp³-hybridized carbons (Fsp3) is 0.167. The number of esters is 1. The molecule has 0 aliphatic heterocycles. The summed E-state index contributed by atoms with van der Waals surface area (Å²) in [5.41, 5.74) is 0.477. The van der Waals surface area contributed by atoms with Gasteiger partial charge in [-0.25, -0.2) is 12.8 Å². The number of ether oxygens (including phenoxy) is 1. The van der Waals surface area contributed by atoms with Gasteiger partial charge in [0.25, 0.3) is 5.91 Å². The summed E-state index contributed by atoms with van der Waals surface area (Å²) in [5, 5.41) is 11.4. The van der Waals surface area contributed by atoms with Gasteiger partial charge in [-0.15, -0.1) is 0 Å². The third kappa shape index (κ3) is 5.35. The third-order valence-corrected chi connectivity index (χ3v) is 4.95. The highest BCUT2D eigenvalue weighted by atomic mass is 32.2. The van der Waals surface area contributed by atoms with Gasteiger partial charge in [0.05, 0.1) is 11.3 Å². The lowest BCUT2D eigenvalue weighted by atomic mass is 10.2. The molecule has 2 N–H and O–H groups in total. The predicted molar refractivity (Wildman–Crippen MR) is 96.9 cm³/mol. The Morgan fingerprint density at radius 2 is 1.82 bits per heavy atom. The first-order valence-electron chi connectivity index (χ1n) is 7.98. The van der Waals surface area contributed by atoms with E-state index in [1.165, 1.54) is 31.2 Å². The number of nitrogens with one attached hydrogen (secondary N) is 2. The van der Waals surface area contributed by atoms with Crippen molar-refractivity contribution in [3.05, 3.63) is 59.9 Å². The van der Waals surface area contributed by atoms with Crippen LogP contribution in [0.1, 0.15) is 12.5 Å². The molecule has 0 unspecified atom stereocenters. The lowest BCUT2D eigenvalue weighted by Crippen LogP contribution is -2.36. The van der Waals surface area contributed by atoms with Gasteiger partial charge in [-0.1, -0.05) is 24.3 Å². The van der Waals surface area contributed by atoms with Gasteiger partial charge in [-0.3, -0.25) is 9.59 Å². The molecule has 2 rings (SSSR count). The number of para-hydroxylation sites is 1. The van der Waals surface area contributed by atoms with Crippen LogP contribution in [0.3, 0.4) is 0 Å². The second-order valence-electron chi connectivity index (χ2n) is 5.53. The Hall–Kier alpha value is -3.29. The number of benzene rings is 2. The van der Waals surface area contributed by atoms with Gasteiger partial charge in [-0.2, -0.15) is 9.98 Å². The van der Waals surface area contributed by atoms with Crippen LogP contribution in [0.2, 0.25) is 0 Å². The molecule has 1 amide bonds. The zero-order valence-electron chi connectivity index (χ0n) is 14.7. The van der Waals surface area contributed by atoms with Crippen molar-refractivity contribution < 1.29 is 27.1 Å². The SMILES string of the molecule is C[C@H](OC(=O)CNS(=O)(=O)c1ccccc1F)C(=O)Nc1ccccc1C#N. The van der Waals surface area contributed by atoms with Gasteiger partial charge < -0.3 is 10.1 Å². The fourth-order valence-electron chi connectivity index (χ4n) is 2.11. The zero-order chi connectivity index (χ0) is 20.7. The number of carbonyl (C=O) groups excluding carboxylic acids is 2. The van der Waals surface area contributed by atoms with Gasteiger partial charge in [-0.05, 0) is 31.2 Å². The fourth-order valence-corrected chi connectivity index (χ4v) is 3.16. The summed E-state index contributed by atoms with van der Waals surface area (Å²) in [6.07, 6.45) is -1.25. The Kier molecular flexibility index (Phi) is 6.81. The number of sulfonamides is 1. The summed E-state index contributed by atoms with van der Waals surface area (Å²) in [4.78, 5) is 23.3. The second kappa shape index (κ2) is 9.07. The van der Waals surface area contributed by atoms with E-state index in [1.54, 1.807) is 12.1 Å². The topological polar surface area (TPSA) is 125 Å². The van der Waals surface area contributed by atoms with Crippen LogP contribution in [0.5, 0.6) is 0 Å². The van der Waals surface area contributed by atoms with Crippen molar-refractivity contribution in [1.29, 1.82) is 5.26 Å². The number of carbonyl (C=O) groups is 2. The Labute approximate surface area is 161 Å². The average Bonchev–Trinajstić information content (AvgIpc) is 2.67. The number of hydrogen-bond donors (Lipinski definition) is 2. The van der Waals surface area contributed by atoms with E-state index in [0.29, 0.717) is 0 Å². The Balaban J connectivity index is 1.93. The van der Waals surface area contributed by atoms with Gasteiger partial charge in [0.15, 0.2) is 6.10 Å². The molecule has 146 valence electrons. The molecule has 10 heteroatoms. The summed E-state index contributed by atoms with van der Waals surface area (Å²) in [7, 11) is -4.26. The van der Waals surface area contributed by atoms with E-state index in [9.17, 15) is 22.4 Å². The number of nitrogens with zero attached hydrogens (tertiary/aromatic N) is 1. The normalized spacial score (nSPS) is 11.9. The predicted octanol–water partition coefficient (Wildman–Crippen LogP) is 1.55. The van der Waals surface area contributed by atoms with Crippen molar-refractivity contribution in [3.8, 4) is 6.07 Å². The minimum absolute atomic E-state index is 0.229. The summed E-state index contributed by atoms with van der Waals surface area (Å²) < 4.78 is 44.4. The molecule has 0 bridgehead atoms. The maximum Gasteiger partial charge on any atom is 0.321 e. The monoisotopic (exact) mass is 405 g/mol. The minimum atomic E-state index is -4.26. The van der Waals surface area contributed by atoms with Crippen molar-refractivity contribution >= 4 is 27.6 Å². The summed E-state index contributed by atoms with van der Waals surface area (Å²) >= 11 is 0. The zero-order valence-corrected chi connectivity index (χ0v) is 15.5. The first kappa shape index (κ1) is 21.0. The molecule has 0 aliphatic carbocycles. The van der Waals surface area contributed by atoms with E-state index in [0.717, 1.165) is 12.1 Å². The lowest BCUT2D eigenvalue weighted by Gasteiger charge is -2.14. The van der Waals surface area contributed by atoms with Crippen LogP contribution in [-0.2, 0) is 24.3 Å². The van der Waals surface area contributed by atoms with E-state index in [-0.39, 0.29) is 11.3 Å². The van der Waals surface area contributed by atoms with E-state index < -0.39 is 45.3 Å².